The second kappa shape index (κ2) is 4.76. The second-order valence-corrected chi connectivity index (χ2v) is 5.21. The molecule has 1 aliphatic heterocycles. The number of phenols is 1. The highest BCUT2D eigenvalue weighted by atomic mass is 16.7. The van der Waals surface area contributed by atoms with Crippen LogP contribution in [0.2, 0.25) is 0 Å². The van der Waals surface area contributed by atoms with Crippen molar-refractivity contribution < 1.29 is 24.2 Å². The molecule has 1 aromatic carbocycles. The van der Waals surface area contributed by atoms with E-state index in [1.165, 1.54) is 19.9 Å². The van der Waals surface area contributed by atoms with Gasteiger partial charge in [0.05, 0.1) is 17.4 Å². The summed E-state index contributed by atoms with van der Waals surface area (Å²) in [4.78, 5) is 23.6. The normalized spacial score (nSPS) is 17.1. The number of carbonyl (C=O) groups excluding carboxylic acids is 2. The zero-order chi connectivity index (χ0) is 15.9. The molecule has 0 radical (unpaired) electrons. The lowest BCUT2D eigenvalue weighted by Gasteiger charge is -2.29. The van der Waals surface area contributed by atoms with Crippen LogP contribution in [-0.2, 0) is 19.1 Å². The summed E-state index contributed by atoms with van der Waals surface area (Å²) >= 11 is 0. The average Bonchev–Trinajstić information content (AvgIpc) is 2.83. The highest BCUT2D eigenvalue weighted by Crippen LogP contribution is 2.29. The molecule has 8 heteroatoms. The van der Waals surface area contributed by atoms with Crippen LogP contribution in [0.1, 0.15) is 13.8 Å². The van der Waals surface area contributed by atoms with E-state index in [9.17, 15) is 14.7 Å². The Kier molecular flexibility index (Phi) is 3.01. The van der Waals surface area contributed by atoms with Gasteiger partial charge >= 0.3 is 11.9 Å². The van der Waals surface area contributed by atoms with Crippen LogP contribution in [0.5, 0.6) is 5.75 Å². The lowest BCUT2D eigenvalue weighted by Crippen LogP contribution is -2.42. The number of cyclic esters (lactones) is 2. The van der Waals surface area contributed by atoms with E-state index in [1.807, 2.05) is 0 Å². The number of fused-ring (bicyclic) bond motifs is 1. The molecule has 1 saturated heterocycles. The number of H-pyrrole nitrogens is 1. The van der Waals surface area contributed by atoms with E-state index >= 15 is 0 Å². The Hall–Kier alpha value is -3.03. The maximum atomic E-state index is 11.8. The molecular weight excluding hydrogens is 290 g/mol. The number of anilines is 1. The van der Waals surface area contributed by atoms with Gasteiger partial charge in [0.2, 0.25) is 0 Å². The number of hydrogen-bond donors (Lipinski definition) is 3. The molecule has 114 valence electrons. The highest BCUT2D eigenvalue weighted by Gasteiger charge is 2.38. The first-order valence-electron chi connectivity index (χ1n) is 6.45. The molecule has 1 aliphatic rings. The summed E-state index contributed by atoms with van der Waals surface area (Å²) in [6.07, 6.45) is 2.70. The van der Waals surface area contributed by atoms with Gasteiger partial charge in [0.1, 0.15) is 5.75 Å². The molecule has 1 fully saturated rings. The molecule has 2 heterocycles. The zero-order valence-electron chi connectivity index (χ0n) is 11.8. The van der Waals surface area contributed by atoms with Gasteiger partial charge in [0, 0.05) is 25.4 Å². The molecule has 3 rings (SSSR count). The number of rotatable bonds is 2. The van der Waals surface area contributed by atoms with Crippen molar-refractivity contribution in [2.24, 2.45) is 0 Å². The minimum absolute atomic E-state index is 0.0522. The number of benzene rings is 1. The van der Waals surface area contributed by atoms with Crippen LogP contribution in [0.3, 0.4) is 0 Å². The van der Waals surface area contributed by atoms with Crippen LogP contribution in [-0.4, -0.2) is 33.0 Å². The van der Waals surface area contributed by atoms with Crippen LogP contribution < -0.4 is 5.32 Å². The smallest absolute Gasteiger partial charge is 0.350 e. The number of nitrogens with zero attached hydrogens (tertiary/aromatic N) is 1. The van der Waals surface area contributed by atoms with Crippen LogP contribution >= 0.6 is 0 Å². The number of ether oxygens (including phenoxy) is 2. The number of aromatic amines is 1. The van der Waals surface area contributed by atoms with Crippen molar-refractivity contribution in [2.75, 3.05) is 5.32 Å². The summed E-state index contributed by atoms with van der Waals surface area (Å²) in [6.45, 7) is 2.93. The van der Waals surface area contributed by atoms with Gasteiger partial charge in [-0.3, -0.25) is 5.10 Å². The summed E-state index contributed by atoms with van der Waals surface area (Å²) in [5.74, 6) is -2.93. The van der Waals surface area contributed by atoms with Crippen molar-refractivity contribution >= 4 is 28.5 Å². The third-order valence-corrected chi connectivity index (χ3v) is 3.05. The SMILES string of the molecule is CC1(C)OC(=O)C(=CNc2cc3[nH]ncc3cc2O)C(=O)O1. The first-order valence-corrected chi connectivity index (χ1v) is 6.45. The quantitative estimate of drug-likeness (QED) is 0.332. The van der Waals surface area contributed by atoms with Gasteiger partial charge in [0.25, 0.3) is 5.79 Å². The Labute approximate surface area is 124 Å². The minimum atomic E-state index is -1.29. The lowest BCUT2D eigenvalue weighted by atomic mass is 10.2. The third kappa shape index (κ3) is 2.46. The first kappa shape index (κ1) is 13.9. The Morgan fingerprint density at radius 2 is 1.95 bits per heavy atom. The molecule has 0 bridgehead atoms. The van der Waals surface area contributed by atoms with E-state index in [1.54, 1.807) is 12.3 Å². The molecule has 0 amide bonds. The van der Waals surface area contributed by atoms with Crippen LogP contribution in [0.4, 0.5) is 5.69 Å². The Morgan fingerprint density at radius 3 is 2.64 bits per heavy atom. The van der Waals surface area contributed by atoms with E-state index in [-0.39, 0.29) is 11.3 Å². The van der Waals surface area contributed by atoms with Crippen molar-refractivity contribution in [3.8, 4) is 5.75 Å². The number of aromatic hydroxyl groups is 1. The lowest BCUT2D eigenvalue weighted by molar-refractivity contribution is -0.222. The van der Waals surface area contributed by atoms with Gasteiger partial charge in [-0.05, 0) is 12.1 Å². The molecule has 0 unspecified atom stereocenters. The molecule has 0 spiro atoms. The van der Waals surface area contributed by atoms with E-state index in [2.05, 4.69) is 15.5 Å². The fraction of sp³-hybridized carbons (Fsp3) is 0.214. The van der Waals surface area contributed by atoms with E-state index in [4.69, 9.17) is 9.47 Å². The largest absolute Gasteiger partial charge is 0.506 e. The maximum Gasteiger partial charge on any atom is 0.350 e. The van der Waals surface area contributed by atoms with Crippen LogP contribution in [0.25, 0.3) is 10.9 Å². The number of hydrogen-bond acceptors (Lipinski definition) is 7. The molecule has 0 aliphatic carbocycles. The highest BCUT2D eigenvalue weighted by molar-refractivity contribution is 6.15. The number of nitrogens with one attached hydrogen (secondary N) is 2. The summed E-state index contributed by atoms with van der Waals surface area (Å²) < 4.78 is 9.93. The average molecular weight is 303 g/mol. The molecule has 2 aromatic rings. The Balaban J connectivity index is 1.87. The van der Waals surface area contributed by atoms with Crippen molar-refractivity contribution in [3.05, 3.63) is 30.1 Å². The Bertz CT molecular complexity index is 784. The van der Waals surface area contributed by atoms with Gasteiger partial charge in [0.15, 0.2) is 5.57 Å². The molecule has 0 saturated carbocycles. The summed E-state index contributed by atoms with van der Waals surface area (Å²) in [5, 5.41) is 19.9. The number of carbonyl (C=O) groups is 2. The molecular formula is C14H13N3O5. The fourth-order valence-corrected chi connectivity index (χ4v) is 2.02. The fourth-order valence-electron chi connectivity index (χ4n) is 2.02. The maximum absolute atomic E-state index is 11.8. The molecule has 3 N–H and O–H groups in total. The van der Waals surface area contributed by atoms with Crippen molar-refractivity contribution in [2.45, 2.75) is 19.6 Å². The summed E-state index contributed by atoms with van der Waals surface area (Å²) in [6, 6.07) is 3.10. The number of phenolic OH excluding ortho intramolecular Hbond substituents is 1. The van der Waals surface area contributed by atoms with Gasteiger partial charge in [-0.1, -0.05) is 0 Å². The van der Waals surface area contributed by atoms with E-state index < -0.39 is 17.7 Å². The zero-order valence-corrected chi connectivity index (χ0v) is 11.8. The minimum Gasteiger partial charge on any atom is -0.506 e. The van der Waals surface area contributed by atoms with Crippen LogP contribution in [0, 0.1) is 0 Å². The predicted molar refractivity (Wildman–Crippen MR) is 75.7 cm³/mol. The van der Waals surface area contributed by atoms with Crippen LogP contribution in [0.15, 0.2) is 30.1 Å². The Morgan fingerprint density at radius 1 is 1.27 bits per heavy atom. The molecule has 1 aromatic heterocycles. The van der Waals surface area contributed by atoms with Crippen molar-refractivity contribution in [1.82, 2.24) is 10.2 Å². The predicted octanol–water partition coefficient (Wildman–Crippen LogP) is 1.40. The standard InChI is InChI=1S/C14H13N3O5/c1-14(2)21-12(19)8(13(20)22-14)6-15-10-4-9-7(3-11(10)18)5-16-17-9/h3-6,15,18H,1-2H3,(H,16,17). The van der Waals surface area contributed by atoms with Crippen molar-refractivity contribution in [1.29, 1.82) is 0 Å². The van der Waals surface area contributed by atoms with E-state index in [0.29, 0.717) is 11.2 Å². The van der Waals surface area contributed by atoms with E-state index in [0.717, 1.165) is 11.6 Å². The second-order valence-electron chi connectivity index (χ2n) is 5.21. The molecule has 22 heavy (non-hydrogen) atoms. The molecule has 0 atom stereocenters. The number of aromatic nitrogens is 2. The monoisotopic (exact) mass is 303 g/mol. The molecule has 8 nitrogen and oxygen atoms in total. The summed E-state index contributed by atoms with van der Waals surface area (Å²) in [7, 11) is 0. The number of esters is 2. The van der Waals surface area contributed by atoms with Gasteiger partial charge < -0.3 is 19.9 Å². The topological polar surface area (TPSA) is 114 Å². The first-order chi connectivity index (χ1) is 10.4. The summed E-state index contributed by atoms with van der Waals surface area (Å²) in [5.41, 5.74) is 0.701. The van der Waals surface area contributed by atoms with Crippen molar-refractivity contribution in [3.63, 3.8) is 0 Å². The van der Waals surface area contributed by atoms with Gasteiger partial charge in [-0.2, -0.15) is 5.10 Å². The van der Waals surface area contributed by atoms with Gasteiger partial charge in [-0.25, -0.2) is 9.59 Å². The van der Waals surface area contributed by atoms with Gasteiger partial charge in [-0.15, -0.1) is 0 Å². The third-order valence-electron chi connectivity index (χ3n) is 3.05.